The third-order valence-corrected chi connectivity index (χ3v) is 7.26. The molecule has 0 amide bonds. The number of rotatable bonds is 4. The normalized spacial score (nSPS) is 16.8. The van der Waals surface area contributed by atoms with E-state index in [9.17, 15) is 12.8 Å². The predicted molar refractivity (Wildman–Crippen MR) is 89.5 cm³/mol. The van der Waals surface area contributed by atoms with Crippen LogP contribution in [0.25, 0.3) is 0 Å². The number of hydrogen-bond donors (Lipinski definition) is 0. The van der Waals surface area contributed by atoms with Gasteiger partial charge in [0.15, 0.2) is 0 Å². The molecule has 5 nitrogen and oxygen atoms in total. The molecule has 24 heavy (non-hydrogen) atoms. The average Bonchev–Trinajstić information content (AvgIpc) is 3.13. The van der Waals surface area contributed by atoms with Crippen molar-refractivity contribution in [3.63, 3.8) is 0 Å². The van der Waals surface area contributed by atoms with Crippen LogP contribution in [0.5, 0.6) is 0 Å². The monoisotopic (exact) mass is 365 g/mol. The lowest BCUT2D eigenvalue weighted by atomic mass is 10.1. The minimum absolute atomic E-state index is 0.345. The first kappa shape index (κ1) is 17.0. The molecule has 0 bridgehead atoms. The van der Waals surface area contributed by atoms with Crippen LogP contribution in [0.3, 0.4) is 0 Å². The number of thiophene rings is 1. The van der Waals surface area contributed by atoms with Gasteiger partial charge in [-0.2, -0.15) is 9.57 Å². The van der Waals surface area contributed by atoms with E-state index in [1.165, 1.54) is 27.8 Å². The Labute approximate surface area is 144 Å². The molecular weight excluding hydrogens is 349 g/mol. The van der Waals surface area contributed by atoms with Gasteiger partial charge in [0.1, 0.15) is 10.0 Å². The second kappa shape index (κ2) is 6.99. The van der Waals surface area contributed by atoms with E-state index in [4.69, 9.17) is 5.26 Å². The molecule has 8 heteroatoms. The van der Waals surface area contributed by atoms with Gasteiger partial charge in [-0.1, -0.05) is 6.07 Å². The van der Waals surface area contributed by atoms with Crippen LogP contribution in [-0.4, -0.2) is 43.8 Å². The van der Waals surface area contributed by atoms with E-state index in [0.29, 0.717) is 48.1 Å². The van der Waals surface area contributed by atoms with Crippen LogP contribution in [0.15, 0.2) is 39.9 Å². The molecule has 1 saturated heterocycles. The van der Waals surface area contributed by atoms with Crippen LogP contribution in [0.1, 0.15) is 11.1 Å². The molecule has 126 valence electrons. The summed E-state index contributed by atoms with van der Waals surface area (Å²) in [7, 11) is -3.43. The Bertz CT molecular complexity index is 852. The van der Waals surface area contributed by atoms with E-state index in [2.05, 4.69) is 0 Å². The van der Waals surface area contributed by atoms with Crippen LogP contribution in [0.4, 0.5) is 4.39 Å². The second-order valence-electron chi connectivity index (χ2n) is 5.53. The fourth-order valence-electron chi connectivity index (χ4n) is 2.67. The molecule has 0 saturated carbocycles. The Morgan fingerprint density at radius 3 is 2.58 bits per heavy atom. The molecule has 0 radical (unpaired) electrons. The summed E-state index contributed by atoms with van der Waals surface area (Å²) in [5, 5.41) is 10.7. The zero-order chi connectivity index (χ0) is 17.2. The number of piperazine rings is 1. The average molecular weight is 365 g/mol. The summed E-state index contributed by atoms with van der Waals surface area (Å²) in [4.78, 5) is 2.00. The van der Waals surface area contributed by atoms with Gasteiger partial charge in [-0.15, -0.1) is 11.3 Å². The number of sulfonamides is 1. The Kier molecular flexibility index (Phi) is 4.96. The highest BCUT2D eigenvalue weighted by atomic mass is 32.2. The first-order chi connectivity index (χ1) is 11.5. The minimum atomic E-state index is -3.43. The summed E-state index contributed by atoms with van der Waals surface area (Å²) >= 11 is 1.21. The molecular formula is C16H16FN3O2S2. The van der Waals surface area contributed by atoms with Gasteiger partial charge in [0.25, 0.3) is 10.0 Å². The smallest absolute Gasteiger partial charge is 0.252 e. The highest BCUT2D eigenvalue weighted by molar-refractivity contribution is 7.91. The van der Waals surface area contributed by atoms with Crippen LogP contribution in [0.2, 0.25) is 0 Å². The maximum Gasteiger partial charge on any atom is 0.252 e. The number of hydrogen-bond acceptors (Lipinski definition) is 5. The molecule has 1 aromatic carbocycles. The van der Waals surface area contributed by atoms with Crippen LogP contribution in [-0.2, 0) is 16.6 Å². The number of benzene rings is 1. The largest absolute Gasteiger partial charge is 0.296 e. The fraction of sp³-hybridized carbons (Fsp3) is 0.312. The van der Waals surface area contributed by atoms with Crippen molar-refractivity contribution in [2.45, 2.75) is 10.8 Å². The highest BCUT2D eigenvalue weighted by Crippen LogP contribution is 2.22. The van der Waals surface area contributed by atoms with Gasteiger partial charge in [-0.3, -0.25) is 4.90 Å². The van der Waals surface area contributed by atoms with Gasteiger partial charge in [0.05, 0.1) is 11.6 Å². The van der Waals surface area contributed by atoms with Crippen molar-refractivity contribution < 1.29 is 12.8 Å². The molecule has 1 fully saturated rings. The molecule has 0 atom stereocenters. The number of nitriles is 1. The predicted octanol–water partition coefficient (Wildman–Crippen LogP) is 2.27. The van der Waals surface area contributed by atoms with Crippen molar-refractivity contribution in [1.29, 1.82) is 5.26 Å². The highest BCUT2D eigenvalue weighted by Gasteiger charge is 2.29. The molecule has 1 aromatic heterocycles. The Balaban J connectivity index is 1.65. The fourth-order valence-corrected chi connectivity index (χ4v) is 5.24. The molecule has 3 rings (SSSR count). The standard InChI is InChI=1S/C16H16FN3O2S2/c17-15-4-3-13(11-18)10-14(15)12-19-5-7-20(8-6-19)24(21,22)16-2-1-9-23-16/h1-4,9-10H,5-8,12H2. The lowest BCUT2D eigenvalue weighted by molar-refractivity contribution is 0.180. The molecule has 0 spiro atoms. The van der Waals surface area contributed by atoms with Crippen molar-refractivity contribution in [3.8, 4) is 6.07 Å². The maximum atomic E-state index is 13.9. The first-order valence-corrected chi connectivity index (χ1v) is 9.77. The molecule has 0 N–H and O–H groups in total. The third kappa shape index (κ3) is 3.49. The quantitative estimate of drug-likeness (QED) is 0.834. The van der Waals surface area contributed by atoms with Crippen molar-refractivity contribution in [2.24, 2.45) is 0 Å². The first-order valence-electron chi connectivity index (χ1n) is 7.45. The lowest BCUT2D eigenvalue weighted by Crippen LogP contribution is -2.48. The van der Waals surface area contributed by atoms with Gasteiger partial charge in [-0.05, 0) is 29.6 Å². The lowest BCUT2D eigenvalue weighted by Gasteiger charge is -2.33. The van der Waals surface area contributed by atoms with Gasteiger partial charge in [0, 0.05) is 38.3 Å². The summed E-state index contributed by atoms with van der Waals surface area (Å²) in [5.41, 5.74) is 0.883. The van der Waals surface area contributed by atoms with Gasteiger partial charge in [-0.25, -0.2) is 12.8 Å². The number of halogens is 1. The SMILES string of the molecule is N#Cc1ccc(F)c(CN2CCN(S(=O)(=O)c3cccs3)CC2)c1. The van der Waals surface area contributed by atoms with Crippen molar-refractivity contribution in [1.82, 2.24) is 9.21 Å². The zero-order valence-electron chi connectivity index (χ0n) is 12.9. The summed E-state index contributed by atoms with van der Waals surface area (Å²) in [5.74, 6) is -0.345. The van der Waals surface area contributed by atoms with Crippen LogP contribution in [0, 0.1) is 17.1 Å². The van der Waals surface area contributed by atoms with Gasteiger partial charge < -0.3 is 0 Å². The topological polar surface area (TPSA) is 64.4 Å². The summed E-state index contributed by atoms with van der Waals surface area (Å²) < 4.78 is 40.6. The Hall–Kier alpha value is -1.79. The van der Waals surface area contributed by atoms with Crippen LogP contribution < -0.4 is 0 Å². The molecule has 2 heterocycles. The molecule has 0 aliphatic carbocycles. The molecule has 2 aromatic rings. The minimum Gasteiger partial charge on any atom is -0.296 e. The second-order valence-corrected chi connectivity index (χ2v) is 8.64. The van der Waals surface area contributed by atoms with E-state index in [0.717, 1.165) is 0 Å². The summed E-state index contributed by atoms with van der Waals surface area (Å²) in [6, 6.07) is 9.62. The Morgan fingerprint density at radius 1 is 1.21 bits per heavy atom. The van der Waals surface area contributed by atoms with E-state index in [1.54, 1.807) is 23.6 Å². The molecule has 1 aliphatic heterocycles. The van der Waals surface area contributed by atoms with Crippen molar-refractivity contribution in [2.75, 3.05) is 26.2 Å². The zero-order valence-corrected chi connectivity index (χ0v) is 14.5. The van der Waals surface area contributed by atoms with E-state index in [1.807, 2.05) is 11.0 Å². The summed E-state index contributed by atoms with van der Waals surface area (Å²) in [6.45, 7) is 2.18. The molecule has 1 aliphatic rings. The third-order valence-electron chi connectivity index (χ3n) is 3.99. The van der Waals surface area contributed by atoms with Gasteiger partial charge in [0.2, 0.25) is 0 Å². The van der Waals surface area contributed by atoms with E-state index in [-0.39, 0.29) is 5.82 Å². The van der Waals surface area contributed by atoms with Crippen molar-refractivity contribution in [3.05, 3.63) is 52.7 Å². The van der Waals surface area contributed by atoms with Gasteiger partial charge >= 0.3 is 0 Å². The van der Waals surface area contributed by atoms with E-state index >= 15 is 0 Å². The van der Waals surface area contributed by atoms with E-state index < -0.39 is 10.0 Å². The van der Waals surface area contributed by atoms with Crippen molar-refractivity contribution >= 4 is 21.4 Å². The summed E-state index contributed by atoms with van der Waals surface area (Å²) in [6.07, 6.45) is 0. The number of nitrogens with zero attached hydrogens (tertiary/aromatic N) is 3. The Morgan fingerprint density at radius 2 is 1.96 bits per heavy atom. The molecule has 0 unspecified atom stereocenters. The van der Waals surface area contributed by atoms with Crippen LogP contribution >= 0.6 is 11.3 Å². The maximum absolute atomic E-state index is 13.9.